The van der Waals surface area contributed by atoms with Gasteiger partial charge >= 0.3 is 11.9 Å². The molecule has 0 bridgehead atoms. The second-order valence-corrected chi connectivity index (χ2v) is 9.64. The van der Waals surface area contributed by atoms with Gasteiger partial charge < -0.3 is 24.4 Å². The van der Waals surface area contributed by atoms with Gasteiger partial charge in [0.15, 0.2) is 0 Å². The van der Waals surface area contributed by atoms with Crippen LogP contribution in [0.4, 0.5) is 11.4 Å². The zero-order valence-electron chi connectivity index (χ0n) is 23.1. The van der Waals surface area contributed by atoms with Crippen molar-refractivity contribution in [3.8, 4) is 5.75 Å². The quantitative estimate of drug-likeness (QED) is 0.282. The molecule has 40 heavy (non-hydrogen) atoms. The number of nitrogens with one attached hydrogen (secondary N) is 1. The minimum absolute atomic E-state index is 0.142. The second kappa shape index (κ2) is 12.6. The van der Waals surface area contributed by atoms with Gasteiger partial charge in [-0.15, -0.1) is 0 Å². The number of esters is 2. The Balaban J connectivity index is 1.43. The molecular formula is C29H34N4O7. The third-order valence-corrected chi connectivity index (χ3v) is 7.25. The largest absolute Gasteiger partial charge is 0.497 e. The number of methoxy groups -OCH3 is 2. The van der Waals surface area contributed by atoms with Crippen molar-refractivity contribution in [2.24, 2.45) is 0 Å². The fourth-order valence-corrected chi connectivity index (χ4v) is 5.16. The molecule has 2 aliphatic rings. The Labute approximate surface area is 233 Å². The first kappa shape index (κ1) is 28.6. The normalized spacial score (nSPS) is 17.8. The summed E-state index contributed by atoms with van der Waals surface area (Å²) in [6.07, 6.45) is 0. The molecule has 2 heterocycles. The standard InChI is InChI=1S/C29H34N4O7/c1-19-25(28(34)39-4)27(21-6-5-7-23(18-21)33(36)37)26(20(2)30-19)29(35)40-17-16-31-12-14-32(15-13-31)22-8-10-24(38-3)11-9-22/h5-11,18,27,30H,12-17H2,1-4H3. The molecule has 0 aromatic heterocycles. The number of hydrogen-bond acceptors (Lipinski definition) is 10. The minimum Gasteiger partial charge on any atom is -0.497 e. The van der Waals surface area contributed by atoms with E-state index in [-0.39, 0.29) is 23.4 Å². The molecule has 1 saturated heterocycles. The highest BCUT2D eigenvalue weighted by molar-refractivity contribution is 5.99. The lowest BCUT2D eigenvalue weighted by Crippen LogP contribution is -2.47. The van der Waals surface area contributed by atoms with Crippen molar-refractivity contribution in [2.45, 2.75) is 19.8 Å². The van der Waals surface area contributed by atoms with E-state index in [1.165, 1.54) is 25.3 Å². The second-order valence-electron chi connectivity index (χ2n) is 9.64. The topological polar surface area (TPSA) is 123 Å². The molecule has 1 N–H and O–H groups in total. The predicted molar refractivity (Wildman–Crippen MR) is 149 cm³/mol. The summed E-state index contributed by atoms with van der Waals surface area (Å²) in [7, 11) is 2.90. The molecule has 11 nitrogen and oxygen atoms in total. The van der Waals surface area contributed by atoms with Crippen LogP contribution in [-0.4, -0.2) is 75.3 Å². The SMILES string of the molecule is COC(=O)C1=C(C)NC(C)=C(C(=O)OCCN2CCN(c3ccc(OC)cc3)CC2)C1c1cccc([N+](=O)[O-])c1. The van der Waals surface area contributed by atoms with Crippen LogP contribution in [0.5, 0.6) is 5.75 Å². The first-order chi connectivity index (χ1) is 19.2. The lowest BCUT2D eigenvalue weighted by atomic mass is 9.80. The summed E-state index contributed by atoms with van der Waals surface area (Å²) < 4.78 is 15.9. The summed E-state index contributed by atoms with van der Waals surface area (Å²) in [5.74, 6) is -1.28. The summed E-state index contributed by atoms with van der Waals surface area (Å²) in [5.41, 5.74) is 2.86. The van der Waals surface area contributed by atoms with E-state index in [0.717, 1.165) is 37.6 Å². The Morgan fingerprint density at radius 1 is 0.975 bits per heavy atom. The fourth-order valence-electron chi connectivity index (χ4n) is 5.16. The van der Waals surface area contributed by atoms with Crippen molar-refractivity contribution in [1.82, 2.24) is 10.2 Å². The Hall–Kier alpha value is -4.38. The number of benzene rings is 2. The Morgan fingerprint density at radius 3 is 2.23 bits per heavy atom. The Morgan fingerprint density at radius 2 is 1.62 bits per heavy atom. The van der Waals surface area contributed by atoms with Crippen LogP contribution in [0.15, 0.2) is 71.1 Å². The van der Waals surface area contributed by atoms with E-state index >= 15 is 0 Å². The molecule has 1 unspecified atom stereocenters. The number of rotatable bonds is 9. The lowest BCUT2D eigenvalue weighted by molar-refractivity contribution is -0.384. The lowest BCUT2D eigenvalue weighted by Gasteiger charge is -2.36. The van der Waals surface area contributed by atoms with Gasteiger partial charge in [-0.25, -0.2) is 9.59 Å². The van der Waals surface area contributed by atoms with E-state index in [1.54, 1.807) is 27.0 Å². The number of non-ortho nitro benzene ring substituents is 1. The highest BCUT2D eigenvalue weighted by Gasteiger charge is 2.38. The van der Waals surface area contributed by atoms with Crippen LogP contribution < -0.4 is 15.0 Å². The zero-order valence-corrected chi connectivity index (χ0v) is 23.1. The zero-order chi connectivity index (χ0) is 28.8. The van der Waals surface area contributed by atoms with Crippen LogP contribution in [0, 0.1) is 10.1 Å². The predicted octanol–water partition coefficient (Wildman–Crippen LogP) is 3.38. The van der Waals surface area contributed by atoms with Crippen LogP contribution in [0.1, 0.15) is 25.3 Å². The molecule has 0 saturated carbocycles. The van der Waals surface area contributed by atoms with Gasteiger partial charge in [-0.3, -0.25) is 15.0 Å². The van der Waals surface area contributed by atoms with Crippen LogP contribution in [-0.2, 0) is 19.1 Å². The molecule has 2 aromatic carbocycles. The molecule has 1 fully saturated rings. The molecular weight excluding hydrogens is 516 g/mol. The van der Waals surface area contributed by atoms with E-state index in [0.29, 0.717) is 23.5 Å². The maximum absolute atomic E-state index is 13.4. The number of allylic oxidation sites excluding steroid dienone is 2. The summed E-state index contributed by atoms with van der Waals surface area (Å²) in [6, 6.07) is 13.9. The van der Waals surface area contributed by atoms with Gasteiger partial charge in [0.2, 0.25) is 0 Å². The number of nitrogens with zero attached hydrogens (tertiary/aromatic N) is 3. The molecule has 0 radical (unpaired) electrons. The van der Waals surface area contributed by atoms with Crippen molar-refractivity contribution in [3.63, 3.8) is 0 Å². The maximum atomic E-state index is 13.4. The van der Waals surface area contributed by atoms with Gasteiger partial charge in [0.25, 0.3) is 5.69 Å². The molecule has 0 aliphatic carbocycles. The van der Waals surface area contributed by atoms with Crippen LogP contribution >= 0.6 is 0 Å². The summed E-state index contributed by atoms with van der Waals surface area (Å²) in [4.78, 5) is 41.7. The maximum Gasteiger partial charge on any atom is 0.336 e. The molecule has 4 rings (SSSR count). The van der Waals surface area contributed by atoms with Gasteiger partial charge in [0, 0.05) is 61.9 Å². The minimum atomic E-state index is -0.880. The molecule has 11 heteroatoms. The highest BCUT2D eigenvalue weighted by atomic mass is 16.6. The fraction of sp³-hybridized carbons (Fsp3) is 0.379. The third-order valence-electron chi connectivity index (χ3n) is 7.25. The molecule has 2 aromatic rings. The number of ether oxygens (including phenoxy) is 3. The molecule has 2 aliphatic heterocycles. The number of piperazine rings is 1. The van der Waals surface area contributed by atoms with Crippen LogP contribution in [0.25, 0.3) is 0 Å². The average molecular weight is 551 g/mol. The Kier molecular flexibility index (Phi) is 9.05. The van der Waals surface area contributed by atoms with Gasteiger partial charge in [-0.1, -0.05) is 12.1 Å². The summed E-state index contributed by atoms with van der Waals surface area (Å²) in [5, 5.41) is 14.5. The van der Waals surface area contributed by atoms with E-state index in [2.05, 4.69) is 15.1 Å². The van der Waals surface area contributed by atoms with Crippen molar-refractivity contribution in [3.05, 3.63) is 86.7 Å². The summed E-state index contributed by atoms with van der Waals surface area (Å²) >= 11 is 0. The Bertz CT molecular complexity index is 1330. The first-order valence-electron chi connectivity index (χ1n) is 13.0. The van der Waals surface area contributed by atoms with Crippen LogP contribution in [0.3, 0.4) is 0 Å². The average Bonchev–Trinajstić information content (AvgIpc) is 2.96. The number of anilines is 1. The van der Waals surface area contributed by atoms with Crippen molar-refractivity contribution < 1.29 is 28.7 Å². The molecule has 0 spiro atoms. The number of carbonyl (C=O) groups excluding carboxylic acids is 2. The van der Waals surface area contributed by atoms with E-state index < -0.39 is 22.8 Å². The molecule has 0 amide bonds. The van der Waals surface area contributed by atoms with Gasteiger partial charge in [-0.2, -0.15) is 0 Å². The van der Waals surface area contributed by atoms with E-state index in [1.807, 2.05) is 24.3 Å². The van der Waals surface area contributed by atoms with E-state index in [4.69, 9.17) is 14.2 Å². The van der Waals surface area contributed by atoms with E-state index in [9.17, 15) is 19.7 Å². The third kappa shape index (κ3) is 6.26. The number of nitro groups is 1. The van der Waals surface area contributed by atoms with Gasteiger partial charge in [-0.05, 0) is 43.7 Å². The van der Waals surface area contributed by atoms with Gasteiger partial charge in [0.05, 0.1) is 36.2 Å². The highest BCUT2D eigenvalue weighted by Crippen LogP contribution is 2.40. The summed E-state index contributed by atoms with van der Waals surface area (Å²) in [6.45, 7) is 7.46. The smallest absolute Gasteiger partial charge is 0.336 e. The van der Waals surface area contributed by atoms with Crippen molar-refractivity contribution in [2.75, 3.05) is 58.5 Å². The molecule has 1 atom stereocenters. The van der Waals surface area contributed by atoms with Crippen molar-refractivity contribution in [1.29, 1.82) is 0 Å². The molecule has 212 valence electrons. The number of hydrogen-bond donors (Lipinski definition) is 1. The number of nitro benzene ring substituents is 1. The monoisotopic (exact) mass is 550 g/mol. The van der Waals surface area contributed by atoms with Crippen LogP contribution in [0.2, 0.25) is 0 Å². The van der Waals surface area contributed by atoms with Crippen molar-refractivity contribution >= 4 is 23.3 Å². The first-order valence-corrected chi connectivity index (χ1v) is 13.0. The number of carbonyl (C=O) groups is 2. The van der Waals surface area contributed by atoms with Gasteiger partial charge in [0.1, 0.15) is 12.4 Å². The number of dihydropyridines is 1.